The minimum Gasteiger partial charge on any atom is -0.383 e. The molecule has 4 heteroatoms. The molecule has 0 aliphatic rings. The molecular weight excluding hydrogens is 226 g/mol. The molecule has 0 N–H and O–H groups in total. The highest BCUT2D eigenvalue weighted by Gasteiger charge is 2.10. The van der Waals surface area contributed by atoms with Gasteiger partial charge in [-0.3, -0.25) is 4.79 Å². The Balaban J connectivity index is 2.95. The minimum atomic E-state index is 0.510. The number of carbonyl (C=O) groups excluding carboxylic acids is 1. The smallest absolute Gasteiger partial charge is 0.151 e. The topological polar surface area (TPSA) is 29.5 Å². The zero-order valence-corrected chi connectivity index (χ0v) is 10.3. The third-order valence-corrected chi connectivity index (χ3v) is 2.83. The lowest BCUT2D eigenvalue weighted by atomic mass is 10.2. The Kier molecular flexibility index (Phi) is 5.29. The van der Waals surface area contributed by atoms with E-state index in [4.69, 9.17) is 16.3 Å². The highest BCUT2D eigenvalue weighted by molar-refractivity contribution is 6.35. The van der Waals surface area contributed by atoms with Gasteiger partial charge in [0.05, 0.1) is 17.3 Å². The summed E-state index contributed by atoms with van der Waals surface area (Å²) in [7, 11) is 1.66. The normalized spacial score (nSPS) is 10.2. The third kappa shape index (κ3) is 2.97. The van der Waals surface area contributed by atoms with Crippen LogP contribution < -0.4 is 4.90 Å². The van der Waals surface area contributed by atoms with Gasteiger partial charge < -0.3 is 9.64 Å². The first-order valence-electron chi connectivity index (χ1n) is 5.22. The van der Waals surface area contributed by atoms with Crippen LogP contribution in [0.1, 0.15) is 17.3 Å². The Morgan fingerprint density at radius 2 is 2.25 bits per heavy atom. The lowest BCUT2D eigenvalue weighted by Crippen LogP contribution is -2.27. The van der Waals surface area contributed by atoms with Gasteiger partial charge in [-0.1, -0.05) is 23.7 Å². The van der Waals surface area contributed by atoms with E-state index in [1.807, 2.05) is 19.1 Å². The van der Waals surface area contributed by atoms with Crippen molar-refractivity contribution in [2.24, 2.45) is 0 Å². The number of rotatable bonds is 6. The van der Waals surface area contributed by atoms with Crippen LogP contribution in [0.3, 0.4) is 0 Å². The van der Waals surface area contributed by atoms with E-state index in [0.29, 0.717) is 17.2 Å². The fourth-order valence-corrected chi connectivity index (χ4v) is 1.81. The summed E-state index contributed by atoms with van der Waals surface area (Å²) in [5.74, 6) is 0. The van der Waals surface area contributed by atoms with Crippen molar-refractivity contribution >= 4 is 23.6 Å². The summed E-state index contributed by atoms with van der Waals surface area (Å²) in [6, 6.07) is 5.46. The highest BCUT2D eigenvalue weighted by Crippen LogP contribution is 2.28. The fourth-order valence-electron chi connectivity index (χ4n) is 1.52. The van der Waals surface area contributed by atoms with Gasteiger partial charge in [0, 0.05) is 25.8 Å². The van der Waals surface area contributed by atoms with Crippen LogP contribution >= 0.6 is 11.6 Å². The molecule has 0 saturated heterocycles. The summed E-state index contributed by atoms with van der Waals surface area (Å²) in [5.41, 5.74) is 1.40. The molecule has 88 valence electrons. The Bertz CT molecular complexity index is 355. The molecule has 0 aromatic heterocycles. The molecule has 0 amide bonds. The van der Waals surface area contributed by atoms with E-state index in [1.54, 1.807) is 13.2 Å². The maximum absolute atomic E-state index is 10.8. The lowest BCUT2D eigenvalue weighted by molar-refractivity contribution is 0.112. The number of hydrogen-bond donors (Lipinski definition) is 0. The first-order chi connectivity index (χ1) is 7.74. The number of halogens is 1. The molecule has 0 unspecified atom stereocenters. The predicted molar refractivity (Wildman–Crippen MR) is 66.6 cm³/mol. The quantitative estimate of drug-likeness (QED) is 0.717. The number of likely N-dealkylation sites (N-methyl/N-ethyl adjacent to an activating group) is 1. The summed E-state index contributed by atoms with van der Waals surface area (Å²) in [5, 5.41) is 0.510. The number of benzene rings is 1. The SMILES string of the molecule is CCN(CCOC)c1cccc(C=O)c1Cl. The van der Waals surface area contributed by atoms with Gasteiger partial charge in [-0.25, -0.2) is 0 Å². The van der Waals surface area contributed by atoms with Gasteiger partial charge in [-0.2, -0.15) is 0 Å². The molecular formula is C12H16ClNO2. The van der Waals surface area contributed by atoms with Crippen LogP contribution in [-0.2, 0) is 4.74 Å². The lowest BCUT2D eigenvalue weighted by Gasteiger charge is -2.24. The van der Waals surface area contributed by atoms with Crippen LogP contribution in [-0.4, -0.2) is 33.1 Å². The van der Waals surface area contributed by atoms with Gasteiger partial charge in [0.2, 0.25) is 0 Å². The molecule has 0 aliphatic heterocycles. The molecule has 0 radical (unpaired) electrons. The molecule has 3 nitrogen and oxygen atoms in total. The molecule has 1 aromatic rings. The number of hydrogen-bond acceptors (Lipinski definition) is 3. The van der Waals surface area contributed by atoms with Gasteiger partial charge in [0.15, 0.2) is 6.29 Å². The predicted octanol–water partition coefficient (Wildman–Crippen LogP) is 2.63. The molecule has 0 bridgehead atoms. The highest BCUT2D eigenvalue weighted by atomic mass is 35.5. The average molecular weight is 242 g/mol. The maximum atomic E-state index is 10.8. The van der Waals surface area contributed by atoms with E-state index < -0.39 is 0 Å². The summed E-state index contributed by atoms with van der Waals surface area (Å²) in [6.45, 7) is 4.26. The van der Waals surface area contributed by atoms with E-state index in [2.05, 4.69) is 4.90 Å². The van der Waals surface area contributed by atoms with Gasteiger partial charge in [0.1, 0.15) is 0 Å². The van der Waals surface area contributed by atoms with Crippen LogP contribution in [0, 0.1) is 0 Å². The van der Waals surface area contributed by atoms with E-state index in [0.717, 1.165) is 25.1 Å². The van der Waals surface area contributed by atoms with Crippen LogP contribution in [0.5, 0.6) is 0 Å². The Hall–Kier alpha value is -1.06. The summed E-state index contributed by atoms with van der Waals surface area (Å²) >= 11 is 6.15. The first kappa shape index (κ1) is 13.0. The van der Waals surface area contributed by atoms with Crippen LogP contribution in [0.25, 0.3) is 0 Å². The summed E-state index contributed by atoms with van der Waals surface area (Å²) < 4.78 is 5.04. The second kappa shape index (κ2) is 6.51. The zero-order chi connectivity index (χ0) is 12.0. The summed E-state index contributed by atoms with van der Waals surface area (Å²) in [6.07, 6.45) is 0.774. The Morgan fingerprint density at radius 3 is 2.81 bits per heavy atom. The number of ether oxygens (including phenoxy) is 1. The molecule has 0 atom stereocenters. The Morgan fingerprint density at radius 1 is 1.50 bits per heavy atom. The van der Waals surface area contributed by atoms with E-state index >= 15 is 0 Å². The van der Waals surface area contributed by atoms with Crippen molar-refractivity contribution in [2.75, 3.05) is 31.7 Å². The number of anilines is 1. The number of aldehydes is 1. The van der Waals surface area contributed by atoms with Gasteiger partial charge in [0.25, 0.3) is 0 Å². The molecule has 0 fully saturated rings. The van der Waals surface area contributed by atoms with Crippen molar-refractivity contribution in [1.29, 1.82) is 0 Å². The van der Waals surface area contributed by atoms with Crippen molar-refractivity contribution in [2.45, 2.75) is 6.92 Å². The van der Waals surface area contributed by atoms with Crippen molar-refractivity contribution in [3.8, 4) is 0 Å². The van der Waals surface area contributed by atoms with Crippen molar-refractivity contribution < 1.29 is 9.53 Å². The van der Waals surface area contributed by atoms with Gasteiger partial charge in [-0.05, 0) is 13.0 Å². The van der Waals surface area contributed by atoms with Gasteiger partial charge in [-0.15, -0.1) is 0 Å². The maximum Gasteiger partial charge on any atom is 0.151 e. The standard InChI is InChI=1S/C12H16ClNO2/c1-3-14(7-8-16-2)11-6-4-5-10(9-15)12(11)13/h4-6,9H,3,7-8H2,1-2H3. The number of methoxy groups -OCH3 is 1. The van der Waals surface area contributed by atoms with Gasteiger partial charge >= 0.3 is 0 Å². The molecule has 0 heterocycles. The number of carbonyl (C=O) groups is 1. The fraction of sp³-hybridized carbons (Fsp3) is 0.417. The average Bonchev–Trinajstić information content (AvgIpc) is 2.32. The zero-order valence-electron chi connectivity index (χ0n) is 9.57. The second-order valence-corrected chi connectivity index (χ2v) is 3.75. The molecule has 0 spiro atoms. The number of nitrogens with zero attached hydrogens (tertiary/aromatic N) is 1. The molecule has 1 rings (SSSR count). The van der Waals surface area contributed by atoms with Crippen molar-refractivity contribution in [3.63, 3.8) is 0 Å². The van der Waals surface area contributed by atoms with Crippen LogP contribution in [0.2, 0.25) is 5.02 Å². The van der Waals surface area contributed by atoms with Crippen LogP contribution in [0.4, 0.5) is 5.69 Å². The molecule has 0 saturated carbocycles. The summed E-state index contributed by atoms with van der Waals surface area (Å²) in [4.78, 5) is 12.9. The molecule has 16 heavy (non-hydrogen) atoms. The van der Waals surface area contributed by atoms with E-state index in [9.17, 15) is 4.79 Å². The Labute approximate surface area is 101 Å². The van der Waals surface area contributed by atoms with Crippen molar-refractivity contribution in [3.05, 3.63) is 28.8 Å². The van der Waals surface area contributed by atoms with Crippen LogP contribution in [0.15, 0.2) is 18.2 Å². The van der Waals surface area contributed by atoms with Crippen molar-refractivity contribution in [1.82, 2.24) is 0 Å². The molecule has 0 aliphatic carbocycles. The third-order valence-electron chi connectivity index (χ3n) is 2.42. The second-order valence-electron chi connectivity index (χ2n) is 3.37. The minimum absolute atomic E-state index is 0.510. The largest absolute Gasteiger partial charge is 0.383 e. The van der Waals surface area contributed by atoms with E-state index in [-0.39, 0.29) is 0 Å². The monoisotopic (exact) mass is 241 g/mol. The first-order valence-corrected chi connectivity index (χ1v) is 5.60. The molecule has 1 aromatic carbocycles. The van der Waals surface area contributed by atoms with E-state index in [1.165, 1.54) is 0 Å².